The Morgan fingerprint density at radius 1 is 0.370 bits per heavy atom. The molecule has 0 amide bonds. The summed E-state index contributed by atoms with van der Waals surface area (Å²) >= 11 is 0. The van der Waals surface area contributed by atoms with Crippen molar-refractivity contribution in [3.05, 3.63) is 0 Å². The number of unbranched alkanes of at least 4 members (excludes halogenated alkanes) is 24. The van der Waals surface area contributed by atoms with Gasteiger partial charge in [0, 0.05) is 6.61 Å². The van der Waals surface area contributed by atoms with Gasteiger partial charge in [0.15, 0.2) is 0 Å². The Labute approximate surface area is 341 Å². The molecule has 4 heteroatoms. The summed E-state index contributed by atoms with van der Waals surface area (Å²) in [4.78, 5) is 0. The molecule has 0 aromatic carbocycles. The Morgan fingerprint density at radius 3 is 1.04 bits per heavy atom. The van der Waals surface area contributed by atoms with Gasteiger partial charge in [0.25, 0.3) is 0 Å². The Hall–Kier alpha value is -0.160. The van der Waals surface area contributed by atoms with Gasteiger partial charge in [-0.3, -0.25) is 0 Å². The molecule has 0 spiro atoms. The molecule has 0 aliphatic carbocycles. The van der Waals surface area contributed by atoms with Gasteiger partial charge in [0.1, 0.15) is 6.10 Å². The van der Waals surface area contributed by atoms with Crippen LogP contribution < -0.4 is 0 Å². The van der Waals surface area contributed by atoms with Crippen LogP contribution in [0.1, 0.15) is 268 Å². The standard InChI is InChI=1S/C50H102O4/c1-10-15-20-24-28-30-34-38-43-54-50(52-41-36-32-27-23-18-13-4,53-42-37-33-29-25-21-16-11-2)48(51-40-35-31-26-22-17-12-3)49(8,9)45-47(7)44-46(6)39-19-14-5/h46-48H,10-45H2,1-9H3. The molecule has 0 bridgehead atoms. The highest BCUT2D eigenvalue weighted by atomic mass is 16.9. The molecule has 0 rings (SSSR count). The Bertz CT molecular complexity index is 740. The SMILES string of the molecule is CCCCCCCCCCOC(OCCCCCCCC)(OCCCCCCCCC)C(OCCCCCCCC)C(C)(C)CC(C)CC(C)CCCC. The minimum atomic E-state index is -1.17. The second kappa shape index (κ2) is 38.4. The zero-order valence-corrected chi connectivity index (χ0v) is 38.8. The van der Waals surface area contributed by atoms with Crippen LogP contribution in [0.4, 0.5) is 0 Å². The van der Waals surface area contributed by atoms with E-state index in [0.29, 0.717) is 25.7 Å². The number of hydrogen-bond acceptors (Lipinski definition) is 4. The fourth-order valence-corrected chi connectivity index (χ4v) is 8.51. The molecule has 0 aromatic rings. The molecule has 0 saturated heterocycles. The molecule has 4 atom stereocenters. The van der Waals surface area contributed by atoms with E-state index in [1.165, 1.54) is 173 Å². The first-order valence-electron chi connectivity index (χ1n) is 24.8. The third-order valence-electron chi connectivity index (χ3n) is 11.7. The van der Waals surface area contributed by atoms with E-state index in [4.69, 9.17) is 18.9 Å². The normalized spacial score (nSPS) is 15.1. The van der Waals surface area contributed by atoms with Crippen molar-refractivity contribution in [2.45, 2.75) is 280 Å². The highest BCUT2D eigenvalue weighted by Gasteiger charge is 2.52. The van der Waals surface area contributed by atoms with Crippen molar-refractivity contribution < 1.29 is 18.9 Å². The first kappa shape index (κ1) is 53.8. The molecular weight excluding hydrogens is 665 g/mol. The quantitative estimate of drug-likeness (QED) is 0.0457. The van der Waals surface area contributed by atoms with E-state index >= 15 is 0 Å². The van der Waals surface area contributed by atoms with Crippen molar-refractivity contribution >= 4 is 0 Å². The van der Waals surface area contributed by atoms with Crippen LogP contribution in [0.3, 0.4) is 0 Å². The molecule has 0 aromatic heterocycles. The molecule has 0 radical (unpaired) electrons. The molecule has 4 unspecified atom stereocenters. The van der Waals surface area contributed by atoms with Crippen molar-refractivity contribution in [2.24, 2.45) is 17.3 Å². The summed E-state index contributed by atoms with van der Waals surface area (Å²) < 4.78 is 28.4. The van der Waals surface area contributed by atoms with Gasteiger partial charge in [0.2, 0.25) is 0 Å². The third kappa shape index (κ3) is 30.0. The fourth-order valence-electron chi connectivity index (χ4n) is 8.51. The van der Waals surface area contributed by atoms with Gasteiger partial charge in [-0.15, -0.1) is 0 Å². The van der Waals surface area contributed by atoms with Crippen LogP contribution >= 0.6 is 0 Å². The van der Waals surface area contributed by atoms with Gasteiger partial charge in [-0.2, -0.15) is 0 Å². The van der Waals surface area contributed by atoms with Crippen LogP contribution in [0.2, 0.25) is 0 Å². The Kier molecular flexibility index (Phi) is 38.2. The van der Waals surface area contributed by atoms with E-state index in [2.05, 4.69) is 62.3 Å². The van der Waals surface area contributed by atoms with Crippen molar-refractivity contribution in [1.29, 1.82) is 0 Å². The van der Waals surface area contributed by atoms with Gasteiger partial charge in [-0.1, -0.05) is 229 Å². The molecule has 0 aliphatic rings. The molecular formula is C50H102O4. The minimum absolute atomic E-state index is 0.174. The predicted octanol–water partition coefficient (Wildman–Crippen LogP) is 17.0. The fraction of sp³-hybridized carbons (Fsp3) is 1.00. The second-order valence-electron chi connectivity index (χ2n) is 18.3. The van der Waals surface area contributed by atoms with Crippen LogP contribution in [0.25, 0.3) is 0 Å². The lowest BCUT2D eigenvalue weighted by molar-refractivity contribution is -0.431. The van der Waals surface area contributed by atoms with Crippen molar-refractivity contribution in [2.75, 3.05) is 26.4 Å². The molecule has 0 aliphatic heterocycles. The van der Waals surface area contributed by atoms with E-state index in [-0.39, 0.29) is 11.5 Å². The van der Waals surface area contributed by atoms with E-state index in [9.17, 15) is 0 Å². The third-order valence-corrected chi connectivity index (χ3v) is 11.7. The van der Waals surface area contributed by atoms with Gasteiger partial charge in [0.05, 0.1) is 19.8 Å². The molecule has 326 valence electrons. The molecule has 0 saturated carbocycles. The summed E-state index contributed by atoms with van der Waals surface area (Å²) in [5.41, 5.74) is -0.174. The highest BCUT2D eigenvalue weighted by molar-refractivity contribution is 4.89. The summed E-state index contributed by atoms with van der Waals surface area (Å²) in [7, 11) is 0. The Balaban J connectivity index is 6.28. The number of rotatable bonds is 44. The maximum Gasteiger partial charge on any atom is 0.311 e. The molecule has 0 N–H and O–H groups in total. The van der Waals surface area contributed by atoms with Gasteiger partial charge < -0.3 is 18.9 Å². The van der Waals surface area contributed by atoms with E-state index in [0.717, 1.165) is 44.6 Å². The highest BCUT2D eigenvalue weighted by Crippen LogP contribution is 2.42. The van der Waals surface area contributed by atoms with Crippen LogP contribution in [-0.4, -0.2) is 38.5 Å². The Morgan fingerprint density at radius 2 is 0.685 bits per heavy atom. The van der Waals surface area contributed by atoms with Gasteiger partial charge in [-0.25, -0.2) is 0 Å². The lowest BCUT2D eigenvalue weighted by atomic mass is 9.75. The van der Waals surface area contributed by atoms with E-state index < -0.39 is 5.97 Å². The zero-order valence-electron chi connectivity index (χ0n) is 38.8. The average Bonchev–Trinajstić information content (AvgIpc) is 3.14. The lowest BCUT2D eigenvalue weighted by Gasteiger charge is -2.47. The second-order valence-corrected chi connectivity index (χ2v) is 18.3. The first-order valence-corrected chi connectivity index (χ1v) is 24.8. The monoisotopic (exact) mass is 767 g/mol. The summed E-state index contributed by atoms with van der Waals surface area (Å²) in [5, 5.41) is 0. The lowest BCUT2D eigenvalue weighted by Crippen LogP contribution is -2.58. The molecule has 54 heavy (non-hydrogen) atoms. The van der Waals surface area contributed by atoms with E-state index in [1.54, 1.807) is 0 Å². The van der Waals surface area contributed by atoms with Crippen molar-refractivity contribution in [3.63, 3.8) is 0 Å². The molecule has 0 fully saturated rings. The van der Waals surface area contributed by atoms with Crippen molar-refractivity contribution in [3.8, 4) is 0 Å². The summed E-state index contributed by atoms with van der Waals surface area (Å²) in [6.07, 6.45) is 40.1. The number of ether oxygens (including phenoxy) is 4. The summed E-state index contributed by atoms with van der Waals surface area (Å²) in [6, 6.07) is 0. The van der Waals surface area contributed by atoms with Crippen LogP contribution in [-0.2, 0) is 18.9 Å². The average molecular weight is 767 g/mol. The van der Waals surface area contributed by atoms with E-state index in [1.807, 2.05) is 0 Å². The van der Waals surface area contributed by atoms with Gasteiger partial charge in [-0.05, 0) is 55.8 Å². The minimum Gasteiger partial charge on any atom is -0.369 e. The number of hydrogen-bond donors (Lipinski definition) is 0. The molecule has 0 heterocycles. The predicted molar refractivity (Wildman–Crippen MR) is 239 cm³/mol. The zero-order chi connectivity index (χ0) is 40.0. The topological polar surface area (TPSA) is 36.9 Å². The first-order chi connectivity index (χ1) is 26.2. The van der Waals surface area contributed by atoms with Crippen LogP contribution in [0.15, 0.2) is 0 Å². The smallest absolute Gasteiger partial charge is 0.311 e. The van der Waals surface area contributed by atoms with Crippen molar-refractivity contribution in [1.82, 2.24) is 0 Å². The largest absolute Gasteiger partial charge is 0.369 e. The summed E-state index contributed by atoms with van der Waals surface area (Å²) in [6.45, 7) is 24.0. The van der Waals surface area contributed by atoms with Gasteiger partial charge >= 0.3 is 5.97 Å². The molecule has 4 nitrogen and oxygen atoms in total. The maximum absolute atomic E-state index is 7.14. The maximum atomic E-state index is 7.14. The summed E-state index contributed by atoms with van der Waals surface area (Å²) in [5.74, 6) is 0.171. The van der Waals surface area contributed by atoms with Crippen LogP contribution in [0, 0.1) is 17.3 Å². The van der Waals surface area contributed by atoms with Crippen LogP contribution in [0.5, 0.6) is 0 Å².